The van der Waals surface area contributed by atoms with Gasteiger partial charge in [-0.2, -0.15) is 13.2 Å². The average Bonchev–Trinajstić information content (AvgIpc) is 2.60. The smallest absolute Gasteiger partial charge is 0.417 e. The topological polar surface area (TPSA) is 55.8 Å². The van der Waals surface area contributed by atoms with Gasteiger partial charge in [0.2, 0.25) is 6.79 Å². The van der Waals surface area contributed by atoms with Crippen LogP contribution in [0, 0.1) is 0 Å². The number of hydrogen-bond acceptors (Lipinski definition) is 3. The number of carbonyl (C=O) groups is 1. The summed E-state index contributed by atoms with van der Waals surface area (Å²) in [5.41, 5.74) is -2.10. The molecule has 16 heavy (non-hydrogen) atoms. The fraction of sp³-hybridized carbons (Fsp3) is 0.222. The molecule has 0 unspecified atom stereocenters. The largest absolute Gasteiger partial charge is 0.478 e. The monoisotopic (exact) mass is 234 g/mol. The van der Waals surface area contributed by atoms with E-state index in [4.69, 9.17) is 14.6 Å². The Labute approximate surface area is 87.2 Å². The fourth-order valence-electron chi connectivity index (χ4n) is 1.35. The van der Waals surface area contributed by atoms with Crippen molar-refractivity contribution in [1.82, 2.24) is 0 Å². The lowest BCUT2D eigenvalue weighted by Crippen LogP contribution is -2.12. The molecule has 0 saturated heterocycles. The molecule has 86 valence electrons. The molecule has 0 bridgehead atoms. The third kappa shape index (κ3) is 1.64. The predicted octanol–water partition coefficient (Wildman–Crippen LogP) is 2.13. The molecule has 7 heteroatoms. The third-order valence-electron chi connectivity index (χ3n) is 2.05. The van der Waals surface area contributed by atoms with Crippen molar-refractivity contribution in [3.05, 3.63) is 23.3 Å². The van der Waals surface area contributed by atoms with Gasteiger partial charge in [0.05, 0.1) is 11.1 Å². The number of ether oxygens (including phenoxy) is 2. The first kappa shape index (κ1) is 10.6. The SMILES string of the molecule is O=C(O)c1cc2c(cc1C(F)(F)F)OCO2. The lowest BCUT2D eigenvalue weighted by molar-refractivity contribution is -0.138. The average molecular weight is 234 g/mol. The summed E-state index contributed by atoms with van der Waals surface area (Å²) < 4.78 is 47.1. The molecule has 1 heterocycles. The number of fused-ring (bicyclic) bond motifs is 1. The summed E-state index contributed by atoms with van der Waals surface area (Å²) in [5, 5.41) is 8.66. The standard InChI is InChI=1S/C9H5F3O4/c10-9(11,12)5-2-7-6(15-3-16-7)1-4(5)8(13)14/h1-2H,3H2,(H,13,14). The Hall–Kier alpha value is -1.92. The quantitative estimate of drug-likeness (QED) is 0.808. The minimum atomic E-state index is -4.74. The summed E-state index contributed by atoms with van der Waals surface area (Å²) in [6.45, 7) is -0.213. The molecule has 1 aliphatic heterocycles. The molecule has 1 aliphatic rings. The molecule has 0 atom stereocenters. The molecular formula is C9H5F3O4. The first-order chi connectivity index (χ1) is 7.39. The summed E-state index contributed by atoms with van der Waals surface area (Å²) >= 11 is 0. The Morgan fingerprint density at radius 1 is 1.25 bits per heavy atom. The molecular weight excluding hydrogens is 229 g/mol. The van der Waals surface area contributed by atoms with Crippen LogP contribution in [-0.2, 0) is 6.18 Å². The molecule has 0 fully saturated rings. The van der Waals surface area contributed by atoms with Crippen LogP contribution >= 0.6 is 0 Å². The molecule has 0 radical (unpaired) electrons. The van der Waals surface area contributed by atoms with Crippen LogP contribution in [0.2, 0.25) is 0 Å². The van der Waals surface area contributed by atoms with Crippen molar-refractivity contribution in [3.8, 4) is 11.5 Å². The molecule has 2 rings (SSSR count). The molecule has 1 aromatic rings. The number of aromatic carboxylic acids is 1. The Morgan fingerprint density at radius 2 is 1.81 bits per heavy atom. The van der Waals surface area contributed by atoms with E-state index in [1.54, 1.807) is 0 Å². The van der Waals surface area contributed by atoms with Crippen LogP contribution in [0.5, 0.6) is 11.5 Å². The second kappa shape index (κ2) is 3.29. The number of carboxylic acids is 1. The highest BCUT2D eigenvalue weighted by molar-refractivity contribution is 5.90. The number of carboxylic acid groups (broad SMARTS) is 1. The number of alkyl halides is 3. The van der Waals surface area contributed by atoms with Crippen LogP contribution in [0.3, 0.4) is 0 Å². The van der Waals surface area contributed by atoms with Crippen molar-refractivity contribution in [2.75, 3.05) is 6.79 Å². The number of hydrogen-bond donors (Lipinski definition) is 1. The van der Waals surface area contributed by atoms with Gasteiger partial charge in [-0.15, -0.1) is 0 Å². The third-order valence-corrected chi connectivity index (χ3v) is 2.05. The van der Waals surface area contributed by atoms with E-state index in [9.17, 15) is 18.0 Å². The normalized spacial score (nSPS) is 13.9. The van der Waals surface area contributed by atoms with Crippen molar-refractivity contribution >= 4 is 5.97 Å². The van der Waals surface area contributed by atoms with Crippen LogP contribution in [0.1, 0.15) is 15.9 Å². The van der Waals surface area contributed by atoms with Gasteiger partial charge in [0, 0.05) is 0 Å². The number of benzene rings is 1. The number of rotatable bonds is 1. The van der Waals surface area contributed by atoms with Gasteiger partial charge in [-0.1, -0.05) is 0 Å². The zero-order valence-electron chi connectivity index (χ0n) is 7.67. The maximum absolute atomic E-state index is 12.5. The zero-order valence-corrected chi connectivity index (χ0v) is 7.67. The Kier molecular flexibility index (Phi) is 2.18. The van der Waals surface area contributed by atoms with Crippen molar-refractivity contribution in [3.63, 3.8) is 0 Å². The van der Waals surface area contributed by atoms with Crippen LogP contribution in [0.4, 0.5) is 13.2 Å². The van der Waals surface area contributed by atoms with Gasteiger partial charge in [-0.05, 0) is 12.1 Å². The Bertz CT molecular complexity index is 453. The van der Waals surface area contributed by atoms with Crippen LogP contribution in [0.15, 0.2) is 12.1 Å². The molecule has 1 aromatic carbocycles. The first-order valence-electron chi connectivity index (χ1n) is 4.13. The zero-order chi connectivity index (χ0) is 11.9. The maximum Gasteiger partial charge on any atom is 0.417 e. The maximum atomic E-state index is 12.5. The van der Waals surface area contributed by atoms with Gasteiger partial charge in [0.1, 0.15) is 0 Å². The van der Waals surface area contributed by atoms with Crippen LogP contribution in [0.25, 0.3) is 0 Å². The van der Waals surface area contributed by atoms with E-state index in [2.05, 4.69) is 0 Å². The molecule has 0 saturated carbocycles. The summed E-state index contributed by atoms with van der Waals surface area (Å²) in [4.78, 5) is 10.7. The van der Waals surface area contributed by atoms with Crippen molar-refractivity contribution in [2.24, 2.45) is 0 Å². The van der Waals surface area contributed by atoms with Gasteiger partial charge in [-0.25, -0.2) is 4.79 Å². The van der Waals surface area contributed by atoms with Crippen molar-refractivity contribution < 1.29 is 32.5 Å². The van der Waals surface area contributed by atoms with Crippen LogP contribution < -0.4 is 9.47 Å². The lowest BCUT2D eigenvalue weighted by atomic mass is 10.1. The summed E-state index contributed by atoms with van der Waals surface area (Å²) in [5.74, 6) is -1.76. The van der Waals surface area contributed by atoms with Gasteiger partial charge < -0.3 is 14.6 Å². The molecule has 0 spiro atoms. The van der Waals surface area contributed by atoms with Gasteiger partial charge >= 0.3 is 12.1 Å². The van der Waals surface area contributed by atoms with Crippen molar-refractivity contribution in [2.45, 2.75) is 6.18 Å². The Balaban J connectivity index is 2.62. The van der Waals surface area contributed by atoms with E-state index in [0.29, 0.717) is 6.07 Å². The molecule has 0 aromatic heterocycles. The van der Waals surface area contributed by atoms with E-state index in [1.807, 2.05) is 0 Å². The highest BCUT2D eigenvalue weighted by Crippen LogP contribution is 2.41. The molecule has 1 N–H and O–H groups in total. The Morgan fingerprint density at radius 3 is 2.31 bits per heavy atom. The number of halogens is 3. The van der Waals surface area contributed by atoms with Crippen LogP contribution in [-0.4, -0.2) is 17.9 Å². The van der Waals surface area contributed by atoms with Gasteiger partial charge in [0.25, 0.3) is 0 Å². The van der Waals surface area contributed by atoms with E-state index in [-0.39, 0.29) is 18.3 Å². The summed E-state index contributed by atoms with van der Waals surface area (Å²) in [6, 6.07) is 1.44. The second-order valence-corrected chi connectivity index (χ2v) is 3.05. The summed E-state index contributed by atoms with van der Waals surface area (Å²) in [6.07, 6.45) is -4.74. The van der Waals surface area contributed by atoms with Gasteiger partial charge in [-0.3, -0.25) is 0 Å². The second-order valence-electron chi connectivity index (χ2n) is 3.05. The minimum absolute atomic E-state index is 0.00500. The van der Waals surface area contributed by atoms with E-state index in [0.717, 1.165) is 6.07 Å². The molecule has 0 amide bonds. The predicted molar refractivity (Wildman–Crippen MR) is 44.5 cm³/mol. The molecule has 0 aliphatic carbocycles. The molecule has 4 nitrogen and oxygen atoms in total. The first-order valence-corrected chi connectivity index (χ1v) is 4.13. The van der Waals surface area contributed by atoms with Gasteiger partial charge in [0.15, 0.2) is 11.5 Å². The highest BCUT2D eigenvalue weighted by Gasteiger charge is 2.37. The summed E-state index contributed by atoms with van der Waals surface area (Å²) in [7, 11) is 0. The van der Waals surface area contributed by atoms with Crippen molar-refractivity contribution in [1.29, 1.82) is 0 Å². The van der Waals surface area contributed by atoms with E-state index < -0.39 is 23.3 Å². The highest BCUT2D eigenvalue weighted by atomic mass is 19.4. The van der Waals surface area contributed by atoms with E-state index in [1.165, 1.54) is 0 Å². The minimum Gasteiger partial charge on any atom is -0.478 e. The fourth-order valence-corrected chi connectivity index (χ4v) is 1.35. The lowest BCUT2D eigenvalue weighted by Gasteiger charge is -2.10. The van der Waals surface area contributed by atoms with E-state index >= 15 is 0 Å².